The number of nitrogens with one attached hydrogen (secondary N) is 2. The minimum absolute atomic E-state index is 0.0170. The third-order valence-corrected chi connectivity index (χ3v) is 5.12. The Balaban J connectivity index is 2.25. The van der Waals surface area contributed by atoms with Crippen molar-refractivity contribution < 1.29 is 19.2 Å². The van der Waals surface area contributed by atoms with Crippen LogP contribution in [0.15, 0.2) is 18.2 Å². The summed E-state index contributed by atoms with van der Waals surface area (Å²) in [5, 5.41) is 0.634. The van der Waals surface area contributed by atoms with Crippen LogP contribution >= 0.6 is 11.6 Å². The van der Waals surface area contributed by atoms with Crippen molar-refractivity contribution in [2.75, 3.05) is 14.2 Å². The van der Waals surface area contributed by atoms with Crippen molar-refractivity contribution in [1.29, 1.82) is 0 Å². The second kappa shape index (κ2) is 8.06. The van der Waals surface area contributed by atoms with E-state index in [4.69, 9.17) is 16.3 Å². The first-order valence-electron chi connectivity index (χ1n) is 8.56. The molecule has 0 aliphatic rings. The number of H-pyrrole nitrogens is 1. The lowest BCUT2D eigenvalue weighted by molar-refractivity contribution is -0.907. The van der Waals surface area contributed by atoms with Crippen molar-refractivity contribution in [3.8, 4) is 5.75 Å². The molecule has 140 valence electrons. The predicted molar refractivity (Wildman–Crippen MR) is 103 cm³/mol. The number of hydrogen-bond acceptors (Lipinski definition) is 3. The van der Waals surface area contributed by atoms with Crippen LogP contribution in [-0.4, -0.2) is 36.7 Å². The Morgan fingerprint density at radius 2 is 1.96 bits per heavy atom. The molecule has 1 unspecified atom stereocenters. The van der Waals surface area contributed by atoms with E-state index in [9.17, 15) is 9.59 Å². The molecule has 0 bridgehead atoms. The minimum atomic E-state index is -0.296. The summed E-state index contributed by atoms with van der Waals surface area (Å²) in [6.45, 7) is 7.63. The molecule has 26 heavy (non-hydrogen) atoms. The summed E-state index contributed by atoms with van der Waals surface area (Å²) in [5.74, 6) is 0.697. The number of carbonyl (C=O) groups is 2. The minimum Gasteiger partial charge on any atom is -0.496 e. The Morgan fingerprint density at radius 1 is 1.31 bits per heavy atom. The van der Waals surface area contributed by atoms with Gasteiger partial charge in [-0.2, -0.15) is 0 Å². The molecule has 1 aromatic heterocycles. The number of benzene rings is 1. The lowest BCUT2D eigenvalue weighted by Crippen LogP contribution is -3.12. The monoisotopic (exact) mass is 377 g/mol. The Morgan fingerprint density at radius 3 is 2.50 bits per heavy atom. The Bertz CT molecular complexity index is 842. The van der Waals surface area contributed by atoms with E-state index in [1.807, 2.05) is 40.0 Å². The zero-order valence-corrected chi connectivity index (χ0v) is 16.9. The first-order chi connectivity index (χ1) is 12.2. The van der Waals surface area contributed by atoms with Crippen molar-refractivity contribution >= 4 is 23.2 Å². The van der Waals surface area contributed by atoms with Gasteiger partial charge in [-0.05, 0) is 51.5 Å². The van der Waals surface area contributed by atoms with E-state index >= 15 is 0 Å². The zero-order chi connectivity index (χ0) is 19.6. The molecule has 2 atom stereocenters. The van der Waals surface area contributed by atoms with Crippen LogP contribution in [0.5, 0.6) is 5.75 Å². The van der Waals surface area contributed by atoms with Gasteiger partial charge >= 0.3 is 0 Å². The highest BCUT2D eigenvalue weighted by molar-refractivity contribution is 6.30. The SMILES string of the molecule is COc1ccc(Cl)cc1C[NH+](C)[C@H](C)C(=O)c1[nH]c(C)c(C(C)=O)c1C. The summed E-state index contributed by atoms with van der Waals surface area (Å²) < 4.78 is 5.39. The fraction of sp³-hybridized carbons (Fsp3) is 0.400. The number of ether oxygens (including phenoxy) is 1. The smallest absolute Gasteiger partial charge is 0.235 e. The molecule has 0 fully saturated rings. The second-order valence-electron chi connectivity index (χ2n) is 6.75. The number of methoxy groups -OCH3 is 1. The highest BCUT2D eigenvalue weighted by atomic mass is 35.5. The van der Waals surface area contributed by atoms with Gasteiger partial charge in [-0.1, -0.05) is 11.6 Å². The first kappa shape index (κ1) is 20.2. The molecule has 0 saturated carbocycles. The summed E-state index contributed by atoms with van der Waals surface area (Å²) in [6, 6.07) is 5.17. The van der Waals surface area contributed by atoms with Gasteiger partial charge < -0.3 is 14.6 Å². The van der Waals surface area contributed by atoms with E-state index < -0.39 is 0 Å². The first-order valence-corrected chi connectivity index (χ1v) is 8.94. The summed E-state index contributed by atoms with van der Waals surface area (Å²) in [5.41, 5.74) is 3.52. The van der Waals surface area contributed by atoms with Crippen molar-refractivity contribution in [3.63, 3.8) is 0 Å². The molecule has 1 heterocycles. The quantitative estimate of drug-likeness (QED) is 0.729. The van der Waals surface area contributed by atoms with Crippen LogP contribution in [-0.2, 0) is 6.54 Å². The average Bonchev–Trinajstić information content (AvgIpc) is 2.88. The van der Waals surface area contributed by atoms with Crippen LogP contribution in [0.1, 0.15) is 51.5 Å². The van der Waals surface area contributed by atoms with Crippen molar-refractivity contribution in [2.24, 2.45) is 0 Å². The number of quaternary nitrogens is 1. The number of likely N-dealkylation sites (N-methyl/N-ethyl adjacent to an activating group) is 1. The van der Waals surface area contributed by atoms with E-state index in [-0.39, 0.29) is 17.6 Å². The van der Waals surface area contributed by atoms with Gasteiger partial charge in [-0.25, -0.2) is 0 Å². The van der Waals surface area contributed by atoms with Gasteiger partial charge in [0.2, 0.25) is 5.78 Å². The Labute approximate surface area is 159 Å². The standard InChI is InChI=1S/C20H25ClN2O3/c1-11-18(14(4)24)12(2)22-19(11)20(25)13(3)23(5)10-15-9-16(21)7-8-17(15)26-6/h7-9,13,22H,10H2,1-6H3/p+1/t13-/m1/s1. The summed E-state index contributed by atoms with van der Waals surface area (Å²) in [6.07, 6.45) is 0. The second-order valence-corrected chi connectivity index (χ2v) is 7.18. The van der Waals surface area contributed by atoms with Gasteiger partial charge in [0, 0.05) is 21.8 Å². The lowest BCUT2D eigenvalue weighted by atomic mass is 10.0. The molecule has 6 heteroatoms. The Hall–Kier alpha value is -2.11. The molecule has 2 aromatic rings. The average molecular weight is 378 g/mol. The lowest BCUT2D eigenvalue weighted by Gasteiger charge is -2.21. The topological polar surface area (TPSA) is 63.6 Å². The van der Waals surface area contributed by atoms with Crippen LogP contribution in [0.4, 0.5) is 0 Å². The van der Waals surface area contributed by atoms with Crippen molar-refractivity contribution in [2.45, 2.75) is 40.3 Å². The van der Waals surface area contributed by atoms with E-state index in [2.05, 4.69) is 4.98 Å². The normalized spacial score (nSPS) is 13.3. The van der Waals surface area contributed by atoms with E-state index in [1.54, 1.807) is 13.2 Å². The molecular formula is C20H26ClN2O3+. The molecule has 1 aromatic carbocycles. The highest BCUT2D eigenvalue weighted by Gasteiger charge is 2.29. The molecule has 0 saturated heterocycles. The van der Waals surface area contributed by atoms with Crippen LogP contribution in [0.2, 0.25) is 5.02 Å². The van der Waals surface area contributed by atoms with Crippen LogP contribution in [0, 0.1) is 13.8 Å². The van der Waals surface area contributed by atoms with Gasteiger partial charge in [0.25, 0.3) is 0 Å². The molecule has 0 aliphatic carbocycles. The number of aromatic nitrogens is 1. The molecule has 0 spiro atoms. The number of aromatic amines is 1. The highest BCUT2D eigenvalue weighted by Crippen LogP contribution is 2.22. The van der Waals surface area contributed by atoms with Crippen LogP contribution in [0.3, 0.4) is 0 Å². The van der Waals surface area contributed by atoms with Gasteiger partial charge in [0.1, 0.15) is 12.3 Å². The molecule has 5 nitrogen and oxygen atoms in total. The zero-order valence-electron chi connectivity index (χ0n) is 16.1. The maximum Gasteiger partial charge on any atom is 0.235 e. The fourth-order valence-electron chi connectivity index (χ4n) is 3.30. The van der Waals surface area contributed by atoms with Gasteiger partial charge in [-0.3, -0.25) is 9.59 Å². The fourth-order valence-corrected chi connectivity index (χ4v) is 3.50. The Kier molecular flexibility index (Phi) is 6.26. The third-order valence-electron chi connectivity index (χ3n) is 4.88. The number of rotatable bonds is 7. The molecular weight excluding hydrogens is 352 g/mol. The number of halogens is 1. The van der Waals surface area contributed by atoms with E-state index in [1.165, 1.54) is 6.92 Å². The summed E-state index contributed by atoms with van der Waals surface area (Å²) in [4.78, 5) is 28.9. The number of aryl methyl sites for hydroxylation is 1. The van der Waals surface area contributed by atoms with E-state index in [0.29, 0.717) is 22.8 Å². The number of Topliss-reactive ketones (excluding diaryl/α,β-unsaturated/α-hetero) is 2. The maximum atomic E-state index is 13.0. The number of ketones is 2. The molecule has 0 amide bonds. The van der Waals surface area contributed by atoms with Crippen LogP contribution < -0.4 is 9.64 Å². The van der Waals surface area contributed by atoms with Gasteiger partial charge in [-0.15, -0.1) is 0 Å². The summed E-state index contributed by atoms with van der Waals surface area (Å²) >= 11 is 6.10. The summed E-state index contributed by atoms with van der Waals surface area (Å²) in [7, 11) is 3.57. The molecule has 0 radical (unpaired) electrons. The van der Waals surface area contributed by atoms with Crippen LogP contribution in [0.25, 0.3) is 0 Å². The van der Waals surface area contributed by atoms with Gasteiger partial charge in [0.05, 0.1) is 19.9 Å². The van der Waals surface area contributed by atoms with Gasteiger partial charge in [0.15, 0.2) is 11.8 Å². The molecule has 2 N–H and O–H groups in total. The predicted octanol–water partition coefficient (Wildman–Crippen LogP) is 2.78. The maximum absolute atomic E-state index is 13.0. The largest absolute Gasteiger partial charge is 0.496 e. The van der Waals surface area contributed by atoms with Crippen molar-refractivity contribution in [1.82, 2.24) is 4.98 Å². The van der Waals surface area contributed by atoms with E-state index in [0.717, 1.165) is 27.5 Å². The third kappa shape index (κ3) is 4.00. The van der Waals surface area contributed by atoms with Crippen molar-refractivity contribution in [3.05, 3.63) is 51.3 Å². The number of carbonyl (C=O) groups excluding carboxylic acids is 2. The molecule has 2 rings (SSSR count). The number of hydrogen-bond donors (Lipinski definition) is 2. The molecule has 0 aliphatic heterocycles.